The van der Waals surface area contributed by atoms with Gasteiger partial charge in [-0.1, -0.05) is 54.1 Å². The highest BCUT2D eigenvalue weighted by Gasteiger charge is 2.12. The molecule has 3 aromatic carbocycles. The zero-order valence-corrected chi connectivity index (χ0v) is 17.9. The number of amides is 1. The van der Waals surface area contributed by atoms with E-state index in [1.54, 1.807) is 36.4 Å². The smallest absolute Gasteiger partial charge is 0.266 e. The number of carbonyl (C=O) groups excluding carboxylic acids is 1. The lowest BCUT2D eigenvalue weighted by Gasteiger charge is -2.12. The SMILES string of the molecule is COc1cc(/C=C(\C#N)C(=O)Nc2ccc(C)c(Cl)c2)ccc1OCc1ccccc1. The molecule has 6 heteroatoms. The first-order chi connectivity index (χ1) is 15.0. The summed E-state index contributed by atoms with van der Waals surface area (Å²) in [5, 5.41) is 12.7. The maximum Gasteiger partial charge on any atom is 0.266 e. The summed E-state index contributed by atoms with van der Waals surface area (Å²) < 4.78 is 11.3. The third kappa shape index (κ3) is 5.88. The van der Waals surface area contributed by atoms with Gasteiger partial charge in [-0.05, 0) is 54.0 Å². The molecule has 0 fully saturated rings. The van der Waals surface area contributed by atoms with Crippen LogP contribution in [0.5, 0.6) is 11.5 Å². The molecule has 1 amide bonds. The van der Waals surface area contributed by atoms with Gasteiger partial charge >= 0.3 is 0 Å². The van der Waals surface area contributed by atoms with Gasteiger partial charge in [-0.3, -0.25) is 4.79 Å². The van der Waals surface area contributed by atoms with Gasteiger partial charge in [0.05, 0.1) is 7.11 Å². The first kappa shape index (κ1) is 21.9. The van der Waals surface area contributed by atoms with E-state index in [-0.39, 0.29) is 5.57 Å². The van der Waals surface area contributed by atoms with Crippen LogP contribution in [0.4, 0.5) is 5.69 Å². The number of methoxy groups -OCH3 is 1. The predicted octanol–water partition coefficient (Wildman–Crippen LogP) is 5.78. The Hall–Kier alpha value is -3.75. The molecule has 1 N–H and O–H groups in total. The van der Waals surface area contributed by atoms with E-state index >= 15 is 0 Å². The highest BCUT2D eigenvalue weighted by atomic mass is 35.5. The summed E-state index contributed by atoms with van der Waals surface area (Å²) in [5.74, 6) is 0.555. The molecular weight excluding hydrogens is 412 g/mol. The highest BCUT2D eigenvalue weighted by Crippen LogP contribution is 2.30. The molecule has 3 rings (SSSR count). The molecule has 0 atom stereocenters. The van der Waals surface area contributed by atoms with Gasteiger partial charge in [-0.2, -0.15) is 5.26 Å². The molecule has 0 radical (unpaired) electrons. The summed E-state index contributed by atoms with van der Waals surface area (Å²) >= 11 is 6.10. The molecule has 0 aromatic heterocycles. The van der Waals surface area contributed by atoms with E-state index in [0.29, 0.717) is 34.4 Å². The van der Waals surface area contributed by atoms with Crippen LogP contribution >= 0.6 is 11.6 Å². The van der Waals surface area contributed by atoms with Gasteiger partial charge in [0, 0.05) is 10.7 Å². The lowest BCUT2D eigenvalue weighted by molar-refractivity contribution is -0.112. The van der Waals surface area contributed by atoms with Crippen molar-refractivity contribution in [1.82, 2.24) is 0 Å². The number of benzene rings is 3. The molecule has 0 aliphatic carbocycles. The first-order valence-corrected chi connectivity index (χ1v) is 9.92. The Balaban J connectivity index is 1.75. The van der Waals surface area contributed by atoms with Crippen LogP contribution in [0, 0.1) is 18.3 Å². The minimum Gasteiger partial charge on any atom is -0.493 e. The average molecular weight is 433 g/mol. The van der Waals surface area contributed by atoms with Crippen molar-refractivity contribution in [3.63, 3.8) is 0 Å². The predicted molar refractivity (Wildman–Crippen MR) is 122 cm³/mol. The summed E-state index contributed by atoms with van der Waals surface area (Å²) in [6.45, 7) is 2.27. The normalized spacial score (nSPS) is 10.8. The van der Waals surface area contributed by atoms with Crippen molar-refractivity contribution in [2.75, 3.05) is 12.4 Å². The fraction of sp³-hybridized carbons (Fsp3) is 0.120. The molecule has 3 aromatic rings. The maximum absolute atomic E-state index is 12.5. The molecule has 0 heterocycles. The topological polar surface area (TPSA) is 71.3 Å². The van der Waals surface area contributed by atoms with Crippen molar-refractivity contribution in [2.45, 2.75) is 13.5 Å². The Morgan fingerprint density at radius 2 is 1.87 bits per heavy atom. The van der Waals surface area contributed by atoms with Crippen molar-refractivity contribution >= 4 is 29.3 Å². The number of nitrogens with one attached hydrogen (secondary N) is 1. The number of hydrogen-bond donors (Lipinski definition) is 1. The second kappa shape index (κ2) is 10.3. The van der Waals surface area contributed by atoms with Crippen LogP contribution in [-0.2, 0) is 11.4 Å². The third-order valence-electron chi connectivity index (χ3n) is 4.53. The van der Waals surface area contributed by atoms with Crippen molar-refractivity contribution in [2.24, 2.45) is 0 Å². The lowest BCUT2D eigenvalue weighted by Crippen LogP contribution is -2.13. The second-order valence-electron chi connectivity index (χ2n) is 6.77. The van der Waals surface area contributed by atoms with Gasteiger partial charge in [-0.25, -0.2) is 0 Å². The molecule has 156 valence electrons. The Labute approximate surface area is 186 Å². The molecule has 0 bridgehead atoms. The minimum absolute atomic E-state index is 0.0447. The number of halogens is 1. The number of rotatable bonds is 7. The monoisotopic (exact) mass is 432 g/mol. The summed E-state index contributed by atoms with van der Waals surface area (Å²) in [5.41, 5.74) is 3.05. The fourth-order valence-electron chi connectivity index (χ4n) is 2.81. The van der Waals surface area contributed by atoms with Gasteiger partial charge in [0.25, 0.3) is 5.91 Å². The largest absolute Gasteiger partial charge is 0.493 e. The van der Waals surface area contributed by atoms with E-state index < -0.39 is 5.91 Å². The van der Waals surface area contributed by atoms with Crippen molar-refractivity contribution in [3.8, 4) is 17.6 Å². The standard InChI is InChI=1S/C25H21ClN2O3/c1-17-8-10-21(14-22(17)26)28-25(29)20(15-27)12-19-9-11-23(24(13-19)30-2)31-16-18-6-4-3-5-7-18/h3-14H,16H2,1-2H3,(H,28,29)/b20-12+. The van der Waals surface area contributed by atoms with Crippen LogP contribution in [0.25, 0.3) is 6.08 Å². The Bertz CT molecular complexity index is 1150. The van der Waals surface area contributed by atoms with E-state index in [9.17, 15) is 10.1 Å². The van der Waals surface area contributed by atoms with Crippen LogP contribution in [0.3, 0.4) is 0 Å². The van der Waals surface area contributed by atoms with Crippen LogP contribution in [0.15, 0.2) is 72.3 Å². The molecule has 0 aliphatic rings. The number of aryl methyl sites for hydroxylation is 1. The summed E-state index contributed by atoms with van der Waals surface area (Å²) in [4.78, 5) is 12.5. The third-order valence-corrected chi connectivity index (χ3v) is 4.94. The Morgan fingerprint density at radius 3 is 2.55 bits per heavy atom. The zero-order chi connectivity index (χ0) is 22.2. The Kier molecular flexibility index (Phi) is 7.31. The lowest BCUT2D eigenvalue weighted by atomic mass is 10.1. The molecule has 0 saturated carbocycles. The summed E-state index contributed by atoms with van der Waals surface area (Å²) in [6.07, 6.45) is 1.49. The van der Waals surface area contributed by atoms with Gasteiger partial charge in [0.15, 0.2) is 11.5 Å². The second-order valence-corrected chi connectivity index (χ2v) is 7.18. The average Bonchev–Trinajstić information content (AvgIpc) is 2.79. The molecule has 31 heavy (non-hydrogen) atoms. The number of ether oxygens (including phenoxy) is 2. The number of nitriles is 1. The summed E-state index contributed by atoms with van der Waals surface area (Å²) in [7, 11) is 1.54. The van der Waals surface area contributed by atoms with E-state index in [2.05, 4.69) is 5.32 Å². The number of carbonyl (C=O) groups is 1. The van der Waals surface area contributed by atoms with Crippen LogP contribution < -0.4 is 14.8 Å². The number of anilines is 1. The zero-order valence-electron chi connectivity index (χ0n) is 17.2. The molecule has 5 nitrogen and oxygen atoms in total. The summed E-state index contributed by atoms with van der Waals surface area (Å²) in [6, 6.07) is 22.1. The van der Waals surface area contributed by atoms with Gasteiger partial charge in [-0.15, -0.1) is 0 Å². The fourth-order valence-corrected chi connectivity index (χ4v) is 2.99. The van der Waals surface area contributed by atoms with Gasteiger partial charge in [0.2, 0.25) is 0 Å². The van der Waals surface area contributed by atoms with Crippen molar-refractivity contribution < 1.29 is 14.3 Å². The van der Waals surface area contributed by atoms with E-state index in [1.807, 2.05) is 43.3 Å². The van der Waals surface area contributed by atoms with Gasteiger partial charge in [0.1, 0.15) is 18.2 Å². The van der Waals surface area contributed by atoms with Crippen LogP contribution in [-0.4, -0.2) is 13.0 Å². The van der Waals surface area contributed by atoms with E-state index in [0.717, 1.165) is 11.1 Å². The molecule has 0 spiro atoms. The molecule has 0 aliphatic heterocycles. The van der Waals surface area contributed by atoms with Crippen LogP contribution in [0.1, 0.15) is 16.7 Å². The van der Waals surface area contributed by atoms with E-state index in [4.69, 9.17) is 21.1 Å². The van der Waals surface area contributed by atoms with Crippen molar-refractivity contribution in [1.29, 1.82) is 5.26 Å². The van der Waals surface area contributed by atoms with E-state index in [1.165, 1.54) is 13.2 Å². The number of hydrogen-bond acceptors (Lipinski definition) is 4. The molecular formula is C25H21ClN2O3. The number of nitrogens with zero attached hydrogens (tertiary/aromatic N) is 1. The van der Waals surface area contributed by atoms with Gasteiger partial charge < -0.3 is 14.8 Å². The minimum atomic E-state index is -0.522. The highest BCUT2D eigenvalue weighted by molar-refractivity contribution is 6.31. The molecule has 0 unspecified atom stereocenters. The van der Waals surface area contributed by atoms with Crippen LogP contribution in [0.2, 0.25) is 5.02 Å². The van der Waals surface area contributed by atoms with Crippen molar-refractivity contribution in [3.05, 3.63) is 94.0 Å². The maximum atomic E-state index is 12.5. The Morgan fingerprint density at radius 1 is 1.10 bits per heavy atom. The molecule has 0 saturated heterocycles. The first-order valence-electron chi connectivity index (χ1n) is 9.54. The quantitative estimate of drug-likeness (QED) is 0.379.